The fraction of sp³-hybridized carbons (Fsp3) is 1.00. The third kappa shape index (κ3) is 11.7. The van der Waals surface area contributed by atoms with Crippen molar-refractivity contribution in [2.45, 2.75) is 51.9 Å². The van der Waals surface area contributed by atoms with E-state index in [9.17, 15) is 0 Å². The summed E-state index contributed by atoms with van der Waals surface area (Å²) in [5.41, 5.74) is 0. The normalized spacial score (nSPS) is 12.6. The van der Waals surface area contributed by atoms with Gasteiger partial charge in [0.15, 0.2) is 0 Å². The van der Waals surface area contributed by atoms with Crippen molar-refractivity contribution in [3.8, 4) is 0 Å². The Morgan fingerprint density at radius 3 is 0.900 bits per heavy atom. The van der Waals surface area contributed by atoms with Crippen molar-refractivity contribution in [1.82, 2.24) is 0 Å². The maximum absolute atomic E-state index is 2.30. The van der Waals surface area contributed by atoms with Gasteiger partial charge in [0, 0.05) is 17.1 Å². The molecule has 0 saturated carbocycles. The second-order valence-electron chi connectivity index (χ2n) is 4.62. The molecule has 0 spiro atoms. The van der Waals surface area contributed by atoms with Crippen molar-refractivity contribution in [3.63, 3.8) is 0 Å². The van der Waals surface area contributed by atoms with Crippen LogP contribution in [-0.2, 0) is 17.1 Å². The summed E-state index contributed by atoms with van der Waals surface area (Å²) in [4.78, 5) is 0. The molecule has 0 aromatic heterocycles. The molecular weight excluding hydrogens is 191 g/mol. The maximum Gasteiger partial charge on any atom is 0 e. The molecule has 0 unspecified atom stereocenters. The largest absolute Gasteiger partial charge is 0.111 e. The smallest absolute Gasteiger partial charge is 0 e. The second-order valence-corrected chi connectivity index (χ2v) is 7.88. The predicted octanol–water partition coefficient (Wildman–Crippen LogP) is 3.26. The monoisotopic (exact) mass is 209 g/mol. The molecule has 0 N–H and O–H groups in total. The van der Waals surface area contributed by atoms with Gasteiger partial charge in [-0.3, -0.25) is 0 Å². The molecule has 10 heavy (non-hydrogen) atoms. The van der Waals surface area contributed by atoms with E-state index in [4.69, 9.17) is 0 Å². The van der Waals surface area contributed by atoms with E-state index in [1.807, 2.05) is 0 Å². The zero-order chi connectivity index (χ0) is 7.71. The molecule has 0 aromatic rings. The van der Waals surface area contributed by atoms with Gasteiger partial charge in [-0.1, -0.05) is 41.5 Å². The van der Waals surface area contributed by atoms with Crippen LogP contribution in [0, 0.1) is 0 Å². The summed E-state index contributed by atoms with van der Waals surface area (Å²) in [5.74, 6) is 0. The first kappa shape index (κ1) is 13.5. The van der Waals surface area contributed by atoms with Gasteiger partial charge in [0.25, 0.3) is 0 Å². The molecule has 0 saturated heterocycles. The summed E-state index contributed by atoms with van der Waals surface area (Å²) in [6.45, 7) is 13.8. The Morgan fingerprint density at radius 1 is 0.700 bits per heavy atom. The Balaban J connectivity index is 0. The summed E-state index contributed by atoms with van der Waals surface area (Å²) in [6.07, 6.45) is 0. The molecule has 0 aliphatic carbocycles. The predicted molar refractivity (Wildman–Crippen MR) is 47.8 cm³/mol. The first-order valence-corrected chi connectivity index (χ1v) is 4.50. The van der Waals surface area contributed by atoms with Gasteiger partial charge < -0.3 is 0 Å². The molecule has 2 heteroatoms. The summed E-state index contributed by atoms with van der Waals surface area (Å²) >= 11 is 0. The third-order valence-electron chi connectivity index (χ3n) is 0.750. The van der Waals surface area contributed by atoms with E-state index in [2.05, 4.69) is 41.5 Å². The quantitative estimate of drug-likeness (QED) is 0.425. The van der Waals surface area contributed by atoms with Crippen LogP contribution in [-0.4, -0.2) is 10.3 Å². The van der Waals surface area contributed by atoms with Crippen LogP contribution in [0.1, 0.15) is 41.5 Å². The van der Waals surface area contributed by atoms with E-state index >= 15 is 0 Å². The minimum atomic E-state index is 0. The van der Waals surface area contributed by atoms with Crippen LogP contribution < -0.4 is 0 Å². The van der Waals surface area contributed by atoms with Crippen molar-refractivity contribution >= 4 is 8.58 Å². The molecule has 0 amide bonds. The Morgan fingerprint density at radius 2 is 0.900 bits per heavy atom. The molecule has 0 fully saturated rings. The molecule has 0 aliphatic rings. The van der Waals surface area contributed by atoms with Crippen LogP contribution in [0.15, 0.2) is 0 Å². The summed E-state index contributed by atoms with van der Waals surface area (Å²) in [7, 11) is 1.05. The fourth-order valence-electron chi connectivity index (χ4n) is 1.12. The van der Waals surface area contributed by atoms with Crippen molar-refractivity contribution in [1.29, 1.82) is 0 Å². The van der Waals surface area contributed by atoms with Gasteiger partial charge in [-0.2, -0.15) is 0 Å². The molecule has 0 aromatic carbocycles. The van der Waals surface area contributed by atoms with Gasteiger partial charge in [-0.15, -0.1) is 8.58 Å². The van der Waals surface area contributed by atoms with Crippen LogP contribution in [0.3, 0.4) is 0 Å². The van der Waals surface area contributed by atoms with E-state index in [0.29, 0.717) is 10.3 Å². The first-order valence-electron chi connectivity index (χ1n) is 3.50. The standard InChI is InChI=1S/C8H19P.Cu/c1-7(2,3)9-8(4,5)6;/h9H,1-6H3;. The van der Waals surface area contributed by atoms with Crippen molar-refractivity contribution < 1.29 is 17.1 Å². The molecular formula is C8H19CuP. The second kappa shape index (κ2) is 4.10. The Hall–Kier alpha value is 0.949. The van der Waals surface area contributed by atoms with Crippen LogP contribution in [0.2, 0.25) is 0 Å². The Labute approximate surface area is 77.8 Å². The number of rotatable bonds is 0. The first-order chi connectivity index (χ1) is 3.71. The molecule has 0 atom stereocenters. The van der Waals surface area contributed by atoms with E-state index in [1.165, 1.54) is 0 Å². The van der Waals surface area contributed by atoms with Crippen molar-refractivity contribution in [3.05, 3.63) is 0 Å². The van der Waals surface area contributed by atoms with Crippen molar-refractivity contribution in [2.24, 2.45) is 0 Å². The average molecular weight is 210 g/mol. The zero-order valence-corrected chi connectivity index (χ0v) is 9.74. The minimum absolute atomic E-state index is 0. The topological polar surface area (TPSA) is 0 Å². The molecule has 0 nitrogen and oxygen atoms in total. The van der Waals surface area contributed by atoms with Crippen molar-refractivity contribution in [2.75, 3.05) is 0 Å². The van der Waals surface area contributed by atoms with Gasteiger partial charge in [0.1, 0.15) is 0 Å². The van der Waals surface area contributed by atoms with Gasteiger partial charge >= 0.3 is 0 Å². The number of hydrogen-bond donors (Lipinski definition) is 0. The summed E-state index contributed by atoms with van der Waals surface area (Å²) < 4.78 is 0. The van der Waals surface area contributed by atoms with Gasteiger partial charge in [0.05, 0.1) is 0 Å². The average Bonchev–Trinajstić information content (AvgIpc) is 1.14. The van der Waals surface area contributed by atoms with E-state index < -0.39 is 0 Å². The van der Waals surface area contributed by atoms with Crippen LogP contribution >= 0.6 is 8.58 Å². The van der Waals surface area contributed by atoms with Gasteiger partial charge in [-0.05, 0) is 10.3 Å². The van der Waals surface area contributed by atoms with E-state index in [0.717, 1.165) is 8.58 Å². The fourth-order valence-corrected chi connectivity index (χ4v) is 3.38. The van der Waals surface area contributed by atoms with Crippen LogP contribution in [0.25, 0.3) is 0 Å². The summed E-state index contributed by atoms with van der Waals surface area (Å²) in [5, 5.41) is 1.02. The zero-order valence-electron chi connectivity index (χ0n) is 7.80. The maximum atomic E-state index is 2.30. The molecule has 0 aliphatic heterocycles. The molecule has 1 radical (unpaired) electrons. The summed E-state index contributed by atoms with van der Waals surface area (Å²) in [6, 6.07) is 0. The molecule has 67 valence electrons. The van der Waals surface area contributed by atoms with Crippen LogP contribution in [0.4, 0.5) is 0 Å². The van der Waals surface area contributed by atoms with Gasteiger partial charge in [0.2, 0.25) is 0 Å². The molecule has 0 heterocycles. The Bertz CT molecular complexity index is 74.4. The van der Waals surface area contributed by atoms with E-state index in [-0.39, 0.29) is 17.1 Å². The van der Waals surface area contributed by atoms with Gasteiger partial charge in [-0.25, -0.2) is 0 Å². The van der Waals surface area contributed by atoms with Crippen LogP contribution in [0.5, 0.6) is 0 Å². The SMILES string of the molecule is CC(C)(C)PC(C)(C)C.[Cu]. The van der Waals surface area contributed by atoms with E-state index in [1.54, 1.807) is 0 Å². The molecule has 0 bridgehead atoms. The number of hydrogen-bond acceptors (Lipinski definition) is 0. The minimum Gasteiger partial charge on any atom is -0.111 e. The third-order valence-corrected chi connectivity index (χ3v) is 2.25. The Kier molecular flexibility index (Phi) is 5.54. The molecule has 0 rings (SSSR count).